The van der Waals surface area contributed by atoms with E-state index in [9.17, 15) is 26.4 Å². The number of hydrogen-bond acceptors (Lipinski definition) is 3. The number of rotatable bonds is 4. The predicted molar refractivity (Wildman–Crippen MR) is 67.0 cm³/mol. The Balaban J connectivity index is 2.30. The summed E-state index contributed by atoms with van der Waals surface area (Å²) in [7, 11) is -4.03. The van der Waals surface area contributed by atoms with Crippen molar-refractivity contribution in [1.29, 1.82) is 0 Å². The van der Waals surface area contributed by atoms with Crippen LogP contribution in [0.1, 0.15) is 30.3 Å². The van der Waals surface area contributed by atoms with Crippen molar-refractivity contribution in [3.63, 3.8) is 0 Å². The van der Waals surface area contributed by atoms with Crippen LogP contribution in [0, 0.1) is 0 Å². The van der Waals surface area contributed by atoms with Crippen LogP contribution in [0.5, 0.6) is 0 Å². The number of aromatic nitrogens is 1. The van der Waals surface area contributed by atoms with E-state index in [1.807, 2.05) is 5.32 Å². The van der Waals surface area contributed by atoms with E-state index in [0.717, 1.165) is 12.3 Å². The van der Waals surface area contributed by atoms with Gasteiger partial charge in [-0.05, 0) is 25.8 Å². The highest BCUT2D eigenvalue weighted by Gasteiger charge is 2.64. The number of halogens is 3. The molecule has 0 radical (unpaired) electrons. The normalized spacial score (nSPS) is 17.6. The van der Waals surface area contributed by atoms with E-state index in [1.165, 1.54) is 4.57 Å². The van der Waals surface area contributed by atoms with Crippen molar-refractivity contribution in [3.05, 3.63) is 18.0 Å². The first kappa shape index (κ1) is 15.8. The number of carbonyl (C=O) groups excluding carboxylic acids is 1. The summed E-state index contributed by atoms with van der Waals surface area (Å²) < 4.78 is 62.2. The Morgan fingerprint density at radius 3 is 2.43 bits per heavy atom. The number of nitrogens with one attached hydrogen (secondary N) is 1. The Bertz CT molecular complexity index is 675. The molecule has 1 aliphatic carbocycles. The number of sulfonamides is 1. The lowest BCUT2D eigenvalue weighted by molar-refractivity contribution is -0.163. The standard InChI is InChI=1S/C11H14F3N3O3S/c1-2-17-6-7(21(15,19)20)5-8(17)9(18)16-10(3-4-10)11(12,13)14/h5-6H,2-4H2,1H3,(H,16,18)(H2,15,19,20). The molecule has 0 saturated heterocycles. The van der Waals surface area contributed by atoms with Crippen molar-refractivity contribution in [3.8, 4) is 0 Å². The molecule has 0 unspecified atom stereocenters. The van der Waals surface area contributed by atoms with E-state index >= 15 is 0 Å². The predicted octanol–water partition coefficient (Wildman–Crippen LogP) is 0.980. The topological polar surface area (TPSA) is 94.2 Å². The molecule has 0 aromatic carbocycles. The van der Waals surface area contributed by atoms with Crippen molar-refractivity contribution < 1.29 is 26.4 Å². The molecule has 3 N–H and O–H groups in total. The van der Waals surface area contributed by atoms with Crippen molar-refractivity contribution in [2.75, 3.05) is 0 Å². The van der Waals surface area contributed by atoms with Crippen LogP contribution in [0.25, 0.3) is 0 Å². The highest BCUT2D eigenvalue weighted by molar-refractivity contribution is 7.89. The number of amides is 1. The average molecular weight is 325 g/mol. The third kappa shape index (κ3) is 2.91. The Kier molecular flexibility index (Phi) is 3.57. The second-order valence-corrected chi connectivity index (χ2v) is 6.49. The molecule has 1 aliphatic rings. The maximum Gasteiger partial charge on any atom is 0.411 e. The summed E-state index contributed by atoms with van der Waals surface area (Å²) in [5.74, 6) is -0.971. The molecule has 0 bridgehead atoms. The van der Waals surface area contributed by atoms with Gasteiger partial charge < -0.3 is 9.88 Å². The fourth-order valence-electron chi connectivity index (χ4n) is 1.98. The summed E-state index contributed by atoms with van der Waals surface area (Å²) in [6, 6.07) is 0.973. The van der Waals surface area contributed by atoms with Crippen LogP contribution in [0.4, 0.5) is 13.2 Å². The highest BCUT2D eigenvalue weighted by Crippen LogP contribution is 2.49. The second kappa shape index (κ2) is 4.73. The van der Waals surface area contributed by atoms with Crippen molar-refractivity contribution in [1.82, 2.24) is 9.88 Å². The molecule has 1 saturated carbocycles. The molecule has 118 valence electrons. The lowest BCUT2D eigenvalue weighted by atomic mass is 10.2. The minimum atomic E-state index is -4.53. The van der Waals surface area contributed by atoms with Gasteiger partial charge in [0.1, 0.15) is 16.1 Å². The molecule has 0 spiro atoms. The van der Waals surface area contributed by atoms with E-state index in [-0.39, 0.29) is 30.0 Å². The molecular weight excluding hydrogens is 311 g/mol. The molecule has 10 heteroatoms. The van der Waals surface area contributed by atoms with Crippen LogP contribution in [-0.4, -0.2) is 30.6 Å². The zero-order chi connectivity index (χ0) is 16.1. The Morgan fingerprint density at radius 2 is 2.05 bits per heavy atom. The SMILES string of the molecule is CCn1cc(S(N)(=O)=O)cc1C(=O)NC1(C(F)(F)F)CC1. The summed E-state index contributed by atoms with van der Waals surface area (Å²) in [6.45, 7) is 1.84. The molecule has 2 rings (SSSR count). The van der Waals surface area contributed by atoms with E-state index in [0.29, 0.717) is 0 Å². The molecule has 0 aliphatic heterocycles. The monoisotopic (exact) mass is 325 g/mol. The Labute approximate surface area is 119 Å². The van der Waals surface area contributed by atoms with Gasteiger partial charge in [0.25, 0.3) is 5.91 Å². The lowest BCUT2D eigenvalue weighted by Gasteiger charge is -2.20. The van der Waals surface area contributed by atoms with Gasteiger partial charge in [-0.15, -0.1) is 0 Å². The van der Waals surface area contributed by atoms with Crippen molar-refractivity contribution >= 4 is 15.9 Å². The summed E-state index contributed by atoms with van der Waals surface area (Å²) in [6.07, 6.45) is -3.78. The number of primary sulfonamides is 1. The Morgan fingerprint density at radius 1 is 1.48 bits per heavy atom. The number of hydrogen-bond donors (Lipinski definition) is 2. The molecule has 21 heavy (non-hydrogen) atoms. The van der Waals surface area contributed by atoms with Gasteiger partial charge in [0.05, 0.1) is 0 Å². The smallest absolute Gasteiger partial charge is 0.342 e. The summed E-state index contributed by atoms with van der Waals surface area (Å²) >= 11 is 0. The summed E-state index contributed by atoms with van der Waals surface area (Å²) in [5, 5.41) is 6.89. The van der Waals surface area contributed by atoms with E-state index in [1.54, 1.807) is 6.92 Å². The number of aryl methyl sites for hydroxylation is 1. The first-order valence-corrected chi connectivity index (χ1v) is 7.67. The molecular formula is C11H14F3N3O3S. The van der Waals surface area contributed by atoms with Crippen LogP contribution in [0.15, 0.2) is 17.2 Å². The summed E-state index contributed by atoms with van der Waals surface area (Å²) in [5.41, 5.74) is -2.37. The third-order valence-corrected chi connectivity index (χ3v) is 4.30. The van der Waals surface area contributed by atoms with Gasteiger partial charge >= 0.3 is 6.18 Å². The van der Waals surface area contributed by atoms with Gasteiger partial charge in [0.2, 0.25) is 10.0 Å². The largest absolute Gasteiger partial charge is 0.411 e. The van der Waals surface area contributed by atoms with Gasteiger partial charge in [-0.2, -0.15) is 13.2 Å². The molecule has 6 nitrogen and oxygen atoms in total. The average Bonchev–Trinajstić information content (AvgIpc) is 2.98. The van der Waals surface area contributed by atoms with E-state index < -0.39 is 27.6 Å². The Hall–Kier alpha value is -1.55. The fourth-order valence-corrected chi connectivity index (χ4v) is 2.53. The number of carbonyl (C=O) groups is 1. The van der Waals surface area contributed by atoms with Gasteiger partial charge in [0, 0.05) is 12.7 Å². The van der Waals surface area contributed by atoms with Gasteiger partial charge in [0.15, 0.2) is 0 Å². The van der Waals surface area contributed by atoms with Crippen LogP contribution in [0.2, 0.25) is 0 Å². The lowest BCUT2D eigenvalue weighted by Crippen LogP contribution is -2.48. The number of nitrogens with two attached hydrogens (primary N) is 1. The molecule has 0 atom stereocenters. The maximum atomic E-state index is 12.8. The molecule has 1 aromatic heterocycles. The minimum Gasteiger partial charge on any atom is -0.342 e. The van der Waals surface area contributed by atoms with E-state index in [2.05, 4.69) is 0 Å². The van der Waals surface area contributed by atoms with Crippen LogP contribution in [0.3, 0.4) is 0 Å². The van der Waals surface area contributed by atoms with Gasteiger partial charge in [-0.25, -0.2) is 13.6 Å². The van der Waals surface area contributed by atoms with Crippen molar-refractivity contribution in [2.45, 2.75) is 42.9 Å². The first-order chi connectivity index (χ1) is 9.50. The van der Waals surface area contributed by atoms with Gasteiger partial charge in [-0.1, -0.05) is 0 Å². The molecule has 1 fully saturated rings. The molecule has 1 aromatic rings. The van der Waals surface area contributed by atoms with Crippen molar-refractivity contribution in [2.24, 2.45) is 5.14 Å². The van der Waals surface area contributed by atoms with Gasteiger partial charge in [-0.3, -0.25) is 4.79 Å². The van der Waals surface area contributed by atoms with Crippen LogP contribution >= 0.6 is 0 Å². The second-order valence-electron chi connectivity index (χ2n) is 4.93. The highest BCUT2D eigenvalue weighted by atomic mass is 32.2. The quantitative estimate of drug-likeness (QED) is 0.864. The maximum absolute atomic E-state index is 12.8. The first-order valence-electron chi connectivity index (χ1n) is 6.12. The summed E-state index contributed by atoms with van der Waals surface area (Å²) in [4.78, 5) is 11.7. The third-order valence-electron chi connectivity index (χ3n) is 3.42. The number of alkyl halides is 3. The number of nitrogens with zero attached hydrogens (tertiary/aromatic N) is 1. The minimum absolute atomic E-state index is 0.169. The van der Waals surface area contributed by atoms with Crippen LogP contribution < -0.4 is 10.5 Å². The zero-order valence-corrected chi connectivity index (χ0v) is 11.9. The zero-order valence-electron chi connectivity index (χ0n) is 11.1. The molecule has 1 heterocycles. The fraction of sp³-hybridized carbons (Fsp3) is 0.545. The van der Waals surface area contributed by atoms with Crippen LogP contribution in [-0.2, 0) is 16.6 Å². The van der Waals surface area contributed by atoms with E-state index in [4.69, 9.17) is 5.14 Å². The molecule has 1 amide bonds.